The predicted molar refractivity (Wildman–Crippen MR) is 119 cm³/mol. The monoisotopic (exact) mass is 406 g/mol. The Morgan fingerprint density at radius 2 is 1.93 bits per heavy atom. The number of phenols is 1. The molecule has 1 atom stereocenters. The van der Waals surface area contributed by atoms with Gasteiger partial charge in [-0.1, -0.05) is 12.5 Å². The van der Waals surface area contributed by atoms with Crippen LogP contribution in [-0.2, 0) is 0 Å². The molecule has 0 bridgehead atoms. The number of hydrogen-bond donors (Lipinski definition) is 2. The van der Waals surface area contributed by atoms with Crippen LogP contribution in [0.2, 0.25) is 0 Å². The Labute approximate surface area is 175 Å². The second kappa shape index (κ2) is 7.76. The van der Waals surface area contributed by atoms with Gasteiger partial charge >= 0.3 is 0 Å². The van der Waals surface area contributed by atoms with E-state index in [0.717, 1.165) is 41.8 Å². The van der Waals surface area contributed by atoms with Crippen LogP contribution in [0.4, 0.5) is 5.82 Å². The van der Waals surface area contributed by atoms with Crippen molar-refractivity contribution in [3.05, 3.63) is 47.3 Å². The Morgan fingerprint density at radius 1 is 1.03 bits per heavy atom. The average molecular weight is 407 g/mol. The highest BCUT2D eigenvalue weighted by Gasteiger charge is 2.27. The molecule has 2 N–H and O–H groups in total. The van der Waals surface area contributed by atoms with E-state index in [-0.39, 0.29) is 5.75 Å². The topological polar surface area (TPSA) is 61.3 Å². The van der Waals surface area contributed by atoms with E-state index in [1.54, 1.807) is 11.3 Å². The van der Waals surface area contributed by atoms with E-state index in [1.807, 2.05) is 30.3 Å². The zero-order valence-corrected chi connectivity index (χ0v) is 17.5. The smallest absolute Gasteiger partial charge is 0.151 e. The Morgan fingerprint density at radius 3 is 2.59 bits per heavy atom. The second-order valence-electron chi connectivity index (χ2n) is 8.15. The van der Waals surface area contributed by atoms with Crippen LogP contribution >= 0.6 is 11.3 Å². The first-order valence-electron chi connectivity index (χ1n) is 10.4. The number of anilines is 1. The first-order chi connectivity index (χ1) is 14.2. The van der Waals surface area contributed by atoms with Crippen molar-refractivity contribution in [3.8, 4) is 27.4 Å². The van der Waals surface area contributed by atoms with Gasteiger partial charge in [0.25, 0.3) is 0 Å². The molecule has 2 aromatic heterocycles. The van der Waals surface area contributed by atoms with Crippen molar-refractivity contribution >= 4 is 17.2 Å². The van der Waals surface area contributed by atoms with Gasteiger partial charge in [-0.25, -0.2) is 0 Å². The van der Waals surface area contributed by atoms with Crippen LogP contribution in [0.5, 0.6) is 5.75 Å². The maximum Gasteiger partial charge on any atom is 0.151 e. The third kappa shape index (κ3) is 3.87. The maximum atomic E-state index is 10.6. The van der Waals surface area contributed by atoms with Crippen LogP contribution in [0.25, 0.3) is 21.7 Å². The molecule has 1 saturated heterocycles. The second-order valence-corrected chi connectivity index (χ2v) is 9.43. The van der Waals surface area contributed by atoms with Crippen LogP contribution < -0.4 is 10.2 Å². The Hall–Kier alpha value is -2.44. The highest BCUT2D eigenvalue weighted by Crippen LogP contribution is 2.35. The van der Waals surface area contributed by atoms with Gasteiger partial charge in [-0.3, -0.25) is 0 Å². The molecular formula is C23H26N4OS. The standard InChI is InChI=1S/C23H26N4OS/c1-15-5-9-22(29-15)16-6-7-19(21(28)13-16)20-8-10-23(26-25-20)27-12-11-18(14-27)24-17-3-2-4-17/h5-10,13,17-18,24,28H,2-4,11-12,14H2,1H3. The molecule has 1 aliphatic heterocycles. The lowest BCUT2D eigenvalue weighted by Gasteiger charge is -2.29. The first kappa shape index (κ1) is 18.6. The van der Waals surface area contributed by atoms with Gasteiger partial charge in [0.1, 0.15) is 5.75 Å². The van der Waals surface area contributed by atoms with Gasteiger partial charge in [0, 0.05) is 40.5 Å². The van der Waals surface area contributed by atoms with Crippen molar-refractivity contribution in [2.45, 2.75) is 44.7 Å². The molecule has 5 nitrogen and oxygen atoms in total. The summed E-state index contributed by atoms with van der Waals surface area (Å²) in [6.45, 7) is 4.09. The van der Waals surface area contributed by atoms with E-state index < -0.39 is 0 Å². The number of nitrogens with zero attached hydrogens (tertiary/aromatic N) is 3. The van der Waals surface area contributed by atoms with Crippen molar-refractivity contribution in [2.24, 2.45) is 0 Å². The summed E-state index contributed by atoms with van der Waals surface area (Å²) in [5, 5.41) is 23.2. The SMILES string of the molecule is Cc1ccc(-c2ccc(-c3ccc(N4CCC(NC5CCC5)C4)nn3)c(O)c2)s1. The Kier molecular flexibility index (Phi) is 4.97. The number of aromatic nitrogens is 2. The first-order valence-corrected chi connectivity index (χ1v) is 11.2. The van der Waals surface area contributed by atoms with E-state index in [4.69, 9.17) is 0 Å². The van der Waals surface area contributed by atoms with Crippen LogP contribution in [0, 0.1) is 6.92 Å². The van der Waals surface area contributed by atoms with Gasteiger partial charge in [-0.15, -0.1) is 21.5 Å². The van der Waals surface area contributed by atoms with E-state index in [9.17, 15) is 5.11 Å². The molecule has 0 amide bonds. The molecule has 6 heteroatoms. The number of nitrogens with one attached hydrogen (secondary N) is 1. The molecule has 1 aromatic carbocycles. The quantitative estimate of drug-likeness (QED) is 0.648. The predicted octanol–water partition coefficient (Wildman–Crippen LogP) is 4.61. The third-order valence-electron chi connectivity index (χ3n) is 6.04. The lowest BCUT2D eigenvalue weighted by molar-refractivity contribution is 0.311. The molecule has 1 aliphatic carbocycles. The number of aromatic hydroxyl groups is 1. The molecule has 1 saturated carbocycles. The summed E-state index contributed by atoms with van der Waals surface area (Å²) in [5.74, 6) is 1.15. The number of hydrogen-bond acceptors (Lipinski definition) is 6. The molecule has 0 spiro atoms. The average Bonchev–Trinajstić information content (AvgIpc) is 3.34. The Bertz CT molecular complexity index is 996. The van der Waals surface area contributed by atoms with Crippen LogP contribution in [0.1, 0.15) is 30.6 Å². The maximum absolute atomic E-state index is 10.6. The Balaban J connectivity index is 1.29. The summed E-state index contributed by atoms with van der Waals surface area (Å²) in [7, 11) is 0. The van der Waals surface area contributed by atoms with Gasteiger partial charge in [-0.05, 0) is 68.1 Å². The van der Waals surface area contributed by atoms with E-state index in [1.165, 1.54) is 24.1 Å². The molecule has 1 unspecified atom stereocenters. The summed E-state index contributed by atoms with van der Waals surface area (Å²) >= 11 is 1.73. The minimum Gasteiger partial charge on any atom is -0.507 e. The minimum atomic E-state index is 0.238. The van der Waals surface area contributed by atoms with Crippen molar-refractivity contribution in [2.75, 3.05) is 18.0 Å². The highest BCUT2D eigenvalue weighted by molar-refractivity contribution is 7.15. The molecule has 3 heterocycles. The molecule has 0 radical (unpaired) electrons. The lowest BCUT2D eigenvalue weighted by atomic mass is 9.92. The largest absolute Gasteiger partial charge is 0.507 e. The zero-order chi connectivity index (χ0) is 19.8. The fourth-order valence-corrected chi connectivity index (χ4v) is 5.01. The fourth-order valence-electron chi connectivity index (χ4n) is 4.14. The summed E-state index contributed by atoms with van der Waals surface area (Å²) in [5.41, 5.74) is 2.44. The lowest BCUT2D eigenvalue weighted by Crippen LogP contribution is -2.43. The molecule has 5 rings (SSSR count). The van der Waals surface area contributed by atoms with Crippen molar-refractivity contribution in [1.82, 2.24) is 15.5 Å². The van der Waals surface area contributed by atoms with Gasteiger partial charge in [0.15, 0.2) is 5.82 Å². The normalized spacial score (nSPS) is 19.5. The minimum absolute atomic E-state index is 0.238. The van der Waals surface area contributed by atoms with E-state index in [2.05, 4.69) is 39.5 Å². The molecule has 3 aromatic rings. The molecule has 29 heavy (non-hydrogen) atoms. The number of aryl methyl sites for hydroxylation is 1. The molecular weight excluding hydrogens is 380 g/mol. The van der Waals surface area contributed by atoms with Crippen LogP contribution in [0.15, 0.2) is 42.5 Å². The van der Waals surface area contributed by atoms with Crippen LogP contribution in [-0.4, -0.2) is 40.5 Å². The summed E-state index contributed by atoms with van der Waals surface area (Å²) in [4.78, 5) is 4.72. The van der Waals surface area contributed by atoms with Gasteiger partial charge < -0.3 is 15.3 Å². The van der Waals surface area contributed by atoms with Crippen molar-refractivity contribution < 1.29 is 5.11 Å². The van der Waals surface area contributed by atoms with Gasteiger partial charge in [-0.2, -0.15) is 0 Å². The van der Waals surface area contributed by atoms with Gasteiger partial charge in [0.2, 0.25) is 0 Å². The van der Waals surface area contributed by atoms with Crippen LogP contribution in [0.3, 0.4) is 0 Å². The van der Waals surface area contributed by atoms with Gasteiger partial charge in [0.05, 0.1) is 5.69 Å². The number of benzene rings is 1. The van der Waals surface area contributed by atoms with E-state index >= 15 is 0 Å². The molecule has 150 valence electrons. The number of rotatable bonds is 5. The zero-order valence-electron chi connectivity index (χ0n) is 16.6. The van der Waals surface area contributed by atoms with E-state index in [0.29, 0.717) is 17.3 Å². The summed E-state index contributed by atoms with van der Waals surface area (Å²) in [6.07, 6.45) is 5.16. The molecule has 2 fully saturated rings. The molecule has 2 aliphatic rings. The number of thiophene rings is 1. The highest BCUT2D eigenvalue weighted by atomic mass is 32.1. The number of phenolic OH excluding ortho intramolecular Hbond substituents is 1. The van der Waals surface area contributed by atoms with Crippen molar-refractivity contribution in [3.63, 3.8) is 0 Å². The fraction of sp³-hybridized carbons (Fsp3) is 0.391. The summed E-state index contributed by atoms with van der Waals surface area (Å²) in [6, 6.07) is 15.2. The third-order valence-corrected chi connectivity index (χ3v) is 7.09. The van der Waals surface area contributed by atoms with Crippen molar-refractivity contribution in [1.29, 1.82) is 0 Å². The summed E-state index contributed by atoms with van der Waals surface area (Å²) < 4.78 is 0.